The zero-order valence-electron chi connectivity index (χ0n) is 30.6. The van der Waals surface area contributed by atoms with E-state index in [0.717, 1.165) is 29.8 Å². The fourth-order valence-corrected chi connectivity index (χ4v) is 9.49. The molecule has 266 valence electrons. The molecular formula is C47H50N2OS2. The van der Waals surface area contributed by atoms with Crippen LogP contribution in [0.2, 0.25) is 0 Å². The third-order valence-electron chi connectivity index (χ3n) is 9.93. The second-order valence-corrected chi connectivity index (χ2v) is 16.0. The Hall–Kier alpha value is -4.16. The van der Waals surface area contributed by atoms with Gasteiger partial charge >= 0.3 is 0 Å². The van der Waals surface area contributed by atoms with Gasteiger partial charge in [0, 0.05) is 32.7 Å². The summed E-state index contributed by atoms with van der Waals surface area (Å²) >= 11 is 3.73. The van der Waals surface area contributed by atoms with Gasteiger partial charge in [-0.25, -0.2) is 0 Å². The van der Waals surface area contributed by atoms with E-state index in [4.69, 9.17) is 0 Å². The molecule has 0 amide bonds. The van der Waals surface area contributed by atoms with Crippen LogP contribution in [0.4, 0.5) is 22.7 Å². The van der Waals surface area contributed by atoms with Gasteiger partial charge in [-0.1, -0.05) is 137 Å². The molecule has 0 atom stereocenters. The smallest absolute Gasteiger partial charge is 0.0682 e. The molecule has 0 aliphatic carbocycles. The van der Waals surface area contributed by atoms with E-state index in [1.165, 1.54) is 105 Å². The molecule has 0 bridgehead atoms. The van der Waals surface area contributed by atoms with Gasteiger partial charge in [-0.05, 0) is 107 Å². The SMILES string of the molecule is CCCCCCN1c2ccccc2Sc2cc(C=Cc3cc(C=Cc4ccc5c(c4)Sc4ccccc4N5CCCCCC)cc(CO)c3)ccc21. The van der Waals surface area contributed by atoms with Gasteiger partial charge < -0.3 is 14.9 Å². The van der Waals surface area contributed by atoms with Crippen LogP contribution in [0.1, 0.15) is 93.0 Å². The number of aliphatic hydroxyl groups is 1. The van der Waals surface area contributed by atoms with Crippen molar-refractivity contribution in [2.24, 2.45) is 0 Å². The van der Waals surface area contributed by atoms with Crippen molar-refractivity contribution in [3.63, 3.8) is 0 Å². The number of hydrogen-bond acceptors (Lipinski definition) is 5. The topological polar surface area (TPSA) is 26.7 Å². The summed E-state index contributed by atoms with van der Waals surface area (Å²) < 4.78 is 0. The molecule has 2 aliphatic rings. The normalized spacial score (nSPS) is 13.4. The minimum Gasteiger partial charge on any atom is -0.392 e. The summed E-state index contributed by atoms with van der Waals surface area (Å²) in [6.45, 7) is 6.63. The molecule has 0 aromatic heterocycles. The lowest BCUT2D eigenvalue weighted by molar-refractivity contribution is 0.282. The zero-order chi connectivity index (χ0) is 35.7. The number of anilines is 4. The van der Waals surface area contributed by atoms with Crippen LogP contribution in [0.3, 0.4) is 0 Å². The number of unbranched alkanes of at least 4 members (excludes halogenated alkanes) is 6. The Balaban J connectivity index is 1.09. The van der Waals surface area contributed by atoms with E-state index in [0.29, 0.717) is 0 Å². The molecule has 52 heavy (non-hydrogen) atoms. The Morgan fingerprint density at radius 3 is 1.37 bits per heavy atom. The van der Waals surface area contributed by atoms with Crippen molar-refractivity contribution in [2.75, 3.05) is 22.9 Å². The summed E-state index contributed by atoms with van der Waals surface area (Å²) in [6, 6.07) is 37.6. The third-order valence-corrected chi connectivity index (χ3v) is 12.2. The molecular weight excluding hydrogens is 673 g/mol. The van der Waals surface area contributed by atoms with Gasteiger partial charge in [-0.3, -0.25) is 0 Å². The van der Waals surface area contributed by atoms with Crippen LogP contribution in [-0.4, -0.2) is 18.2 Å². The molecule has 0 unspecified atom stereocenters. The Morgan fingerprint density at radius 1 is 0.462 bits per heavy atom. The van der Waals surface area contributed by atoms with Crippen molar-refractivity contribution in [3.05, 3.63) is 131 Å². The van der Waals surface area contributed by atoms with E-state index in [-0.39, 0.29) is 6.61 Å². The number of hydrogen-bond donors (Lipinski definition) is 1. The first kappa shape index (κ1) is 36.2. The average molecular weight is 723 g/mol. The van der Waals surface area contributed by atoms with Crippen LogP contribution in [0, 0.1) is 0 Å². The number of aliphatic hydroxyl groups excluding tert-OH is 1. The molecule has 5 aromatic carbocycles. The third kappa shape index (κ3) is 8.55. The van der Waals surface area contributed by atoms with Crippen LogP contribution < -0.4 is 9.80 Å². The molecule has 0 spiro atoms. The Morgan fingerprint density at radius 2 is 0.904 bits per heavy atom. The lowest BCUT2D eigenvalue weighted by atomic mass is 10.0. The number of rotatable bonds is 15. The van der Waals surface area contributed by atoms with Gasteiger partial charge in [0.2, 0.25) is 0 Å². The molecule has 3 nitrogen and oxygen atoms in total. The van der Waals surface area contributed by atoms with E-state index < -0.39 is 0 Å². The van der Waals surface area contributed by atoms with E-state index in [1.807, 2.05) is 23.5 Å². The fraction of sp³-hybridized carbons (Fsp3) is 0.277. The fourth-order valence-electron chi connectivity index (χ4n) is 7.20. The number of para-hydroxylation sites is 2. The summed E-state index contributed by atoms with van der Waals surface area (Å²) in [5.74, 6) is 0. The zero-order valence-corrected chi connectivity index (χ0v) is 32.2. The first-order valence-corrected chi connectivity index (χ1v) is 20.7. The van der Waals surface area contributed by atoms with Gasteiger partial charge in [0.05, 0.1) is 29.4 Å². The van der Waals surface area contributed by atoms with Crippen molar-refractivity contribution in [3.8, 4) is 0 Å². The largest absolute Gasteiger partial charge is 0.392 e. The highest BCUT2D eigenvalue weighted by Gasteiger charge is 2.24. The van der Waals surface area contributed by atoms with Gasteiger partial charge in [0.15, 0.2) is 0 Å². The Labute approximate surface area is 319 Å². The molecule has 0 saturated carbocycles. The number of fused-ring (bicyclic) bond motifs is 4. The van der Waals surface area contributed by atoms with Crippen LogP contribution >= 0.6 is 23.5 Å². The molecule has 0 fully saturated rings. The number of nitrogens with zero attached hydrogens (tertiary/aromatic N) is 2. The lowest BCUT2D eigenvalue weighted by Gasteiger charge is -2.33. The van der Waals surface area contributed by atoms with E-state index in [1.54, 1.807) is 0 Å². The van der Waals surface area contributed by atoms with E-state index in [9.17, 15) is 5.11 Å². The second kappa shape index (κ2) is 17.6. The molecule has 5 aromatic rings. The van der Waals surface area contributed by atoms with Crippen LogP contribution in [0.5, 0.6) is 0 Å². The molecule has 7 rings (SSSR count). The second-order valence-electron chi connectivity index (χ2n) is 13.9. The molecule has 0 radical (unpaired) electrons. The monoisotopic (exact) mass is 722 g/mol. The molecule has 0 saturated heterocycles. The number of benzene rings is 5. The first-order chi connectivity index (χ1) is 25.6. The highest BCUT2D eigenvalue weighted by atomic mass is 32.2. The summed E-state index contributed by atoms with van der Waals surface area (Å²) in [5, 5.41) is 10.2. The van der Waals surface area contributed by atoms with Crippen LogP contribution in [0.15, 0.2) is 123 Å². The standard InChI is InChI=1S/C47H50N2OS2/c1-3-5-7-13-27-48-40-15-9-11-17-44(40)51-46-32-35(23-25-42(46)48)19-21-37-29-38(31-39(30-37)34-50)22-20-36-24-26-43-47(33-36)52-45-18-12-10-16-41(45)49(43)28-14-8-6-4-2/h9-12,15-26,29-33,50H,3-8,13-14,27-28,34H2,1-2H3. The van der Waals surface area contributed by atoms with Gasteiger partial charge in [0.25, 0.3) is 0 Å². The molecule has 5 heteroatoms. The minimum absolute atomic E-state index is 0.00842. The van der Waals surface area contributed by atoms with Gasteiger partial charge in [-0.15, -0.1) is 0 Å². The summed E-state index contributed by atoms with van der Waals surface area (Å²) in [5.41, 5.74) is 10.7. The molecule has 2 heterocycles. The Bertz CT molecular complexity index is 1910. The van der Waals surface area contributed by atoms with E-state index in [2.05, 4.69) is 151 Å². The van der Waals surface area contributed by atoms with Crippen molar-refractivity contribution < 1.29 is 5.11 Å². The van der Waals surface area contributed by atoms with Crippen LogP contribution in [0.25, 0.3) is 24.3 Å². The Kier molecular flexibility index (Phi) is 12.2. The van der Waals surface area contributed by atoms with Gasteiger partial charge in [-0.2, -0.15) is 0 Å². The van der Waals surface area contributed by atoms with Crippen molar-refractivity contribution in [1.82, 2.24) is 0 Å². The highest BCUT2D eigenvalue weighted by Crippen LogP contribution is 2.50. The summed E-state index contributed by atoms with van der Waals surface area (Å²) in [4.78, 5) is 10.3. The van der Waals surface area contributed by atoms with Crippen molar-refractivity contribution in [1.29, 1.82) is 0 Å². The first-order valence-electron chi connectivity index (χ1n) is 19.1. The maximum atomic E-state index is 10.2. The maximum absolute atomic E-state index is 10.2. The summed E-state index contributed by atoms with van der Waals surface area (Å²) in [6.07, 6.45) is 18.7. The minimum atomic E-state index is 0.00842. The van der Waals surface area contributed by atoms with Gasteiger partial charge in [0.1, 0.15) is 0 Å². The lowest BCUT2D eigenvalue weighted by Crippen LogP contribution is -2.22. The van der Waals surface area contributed by atoms with Crippen molar-refractivity contribution in [2.45, 2.75) is 91.4 Å². The van der Waals surface area contributed by atoms with Crippen molar-refractivity contribution >= 4 is 70.6 Å². The average Bonchev–Trinajstić information content (AvgIpc) is 3.18. The highest BCUT2D eigenvalue weighted by molar-refractivity contribution is 8.00. The predicted octanol–water partition coefficient (Wildman–Crippen LogP) is 13.9. The molecule has 2 aliphatic heterocycles. The quantitative estimate of drug-likeness (QED) is 0.0857. The predicted molar refractivity (Wildman–Crippen MR) is 227 cm³/mol. The van der Waals surface area contributed by atoms with Crippen LogP contribution in [-0.2, 0) is 6.61 Å². The molecule has 1 N–H and O–H groups in total. The van der Waals surface area contributed by atoms with E-state index >= 15 is 0 Å². The maximum Gasteiger partial charge on any atom is 0.0682 e. The summed E-state index contributed by atoms with van der Waals surface area (Å²) in [7, 11) is 0.